The normalized spacial score (nSPS) is 10.9. The molecule has 0 spiro atoms. The van der Waals surface area contributed by atoms with Crippen LogP contribution < -0.4 is 10.6 Å². The van der Waals surface area contributed by atoms with E-state index < -0.39 is 5.91 Å². The fourth-order valence-electron chi connectivity index (χ4n) is 3.04. The Bertz CT molecular complexity index is 1130. The summed E-state index contributed by atoms with van der Waals surface area (Å²) in [6.45, 7) is 7.51. The molecule has 2 amide bonds. The van der Waals surface area contributed by atoms with E-state index in [-0.39, 0.29) is 17.6 Å². The largest absolute Gasteiger partial charge is 0.350 e. The molecule has 0 unspecified atom stereocenters. The number of aryl methyl sites for hydroxylation is 2. The van der Waals surface area contributed by atoms with Crippen LogP contribution in [0.25, 0.3) is 5.82 Å². The average molecular weight is 491 g/mol. The first-order valence-corrected chi connectivity index (χ1v) is 10.4. The highest BCUT2D eigenvalue weighted by molar-refractivity contribution is 9.10. The topological polar surface area (TPSA) is 88.9 Å². The number of carbonyl (C=O) groups is 2. The maximum Gasteiger partial charge on any atom is 0.274 e. The van der Waals surface area contributed by atoms with Crippen LogP contribution in [0.3, 0.4) is 0 Å². The van der Waals surface area contributed by atoms with Gasteiger partial charge in [0, 0.05) is 18.3 Å². The number of aromatic nitrogens is 3. The molecule has 2 aromatic heterocycles. The number of nitrogens with one attached hydrogen (secondary N) is 2. The second kappa shape index (κ2) is 8.97. The first-order valence-electron chi connectivity index (χ1n) is 9.27. The van der Waals surface area contributed by atoms with Crippen molar-refractivity contribution in [1.82, 2.24) is 20.1 Å². The first kappa shape index (κ1) is 22.0. The van der Waals surface area contributed by atoms with Crippen LogP contribution in [0.4, 0.5) is 5.69 Å². The number of benzene rings is 1. The molecule has 9 heteroatoms. The fourth-order valence-corrected chi connectivity index (χ4v) is 3.62. The van der Waals surface area contributed by atoms with Crippen LogP contribution in [0.2, 0.25) is 5.02 Å². The molecule has 0 fully saturated rings. The highest BCUT2D eigenvalue weighted by atomic mass is 79.9. The molecule has 0 radical (unpaired) electrons. The Morgan fingerprint density at radius 2 is 1.90 bits per heavy atom. The van der Waals surface area contributed by atoms with Crippen LogP contribution in [0, 0.1) is 13.8 Å². The SMILES string of the molecule is Cc1cc(C)c(NC(=O)c2cc(Br)nn2-c2ncccc2Cl)c(C(=O)NC(C)C)c1. The quantitative estimate of drug-likeness (QED) is 0.543. The van der Waals surface area contributed by atoms with Crippen LogP contribution in [0.1, 0.15) is 45.8 Å². The number of hydrogen-bond acceptors (Lipinski definition) is 4. The molecule has 2 heterocycles. The molecule has 0 aliphatic carbocycles. The van der Waals surface area contributed by atoms with Crippen molar-refractivity contribution in [2.24, 2.45) is 0 Å². The van der Waals surface area contributed by atoms with Gasteiger partial charge < -0.3 is 10.6 Å². The van der Waals surface area contributed by atoms with Crippen molar-refractivity contribution in [1.29, 1.82) is 0 Å². The predicted octanol–water partition coefficient (Wildman–Crippen LogP) is 4.69. The Balaban J connectivity index is 2.02. The summed E-state index contributed by atoms with van der Waals surface area (Å²) in [7, 11) is 0. The van der Waals surface area contributed by atoms with Gasteiger partial charge >= 0.3 is 0 Å². The van der Waals surface area contributed by atoms with Crippen LogP contribution >= 0.6 is 27.5 Å². The Hall–Kier alpha value is -2.71. The minimum atomic E-state index is -0.444. The third-order valence-corrected chi connectivity index (χ3v) is 4.92. The van der Waals surface area contributed by atoms with Gasteiger partial charge in [0.15, 0.2) is 5.82 Å². The lowest BCUT2D eigenvalue weighted by Gasteiger charge is -2.17. The number of pyridine rings is 1. The molecule has 0 saturated heterocycles. The van der Waals surface area contributed by atoms with E-state index in [2.05, 4.69) is 36.6 Å². The van der Waals surface area contributed by atoms with E-state index in [0.717, 1.165) is 11.1 Å². The Morgan fingerprint density at radius 1 is 1.17 bits per heavy atom. The summed E-state index contributed by atoms with van der Waals surface area (Å²) in [5, 5.41) is 10.4. The van der Waals surface area contributed by atoms with E-state index in [1.54, 1.807) is 30.5 Å². The molecule has 0 atom stereocenters. The van der Waals surface area contributed by atoms with Gasteiger partial charge in [-0.15, -0.1) is 0 Å². The second-order valence-corrected chi connectivity index (χ2v) is 8.38. The minimum Gasteiger partial charge on any atom is -0.350 e. The molecule has 156 valence electrons. The van der Waals surface area contributed by atoms with Crippen LogP contribution in [0.15, 0.2) is 41.1 Å². The summed E-state index contributed by atoms with van der Waals surface area (Å²) in [6.07, 6.45) is 1.57. The van der Waals surface area contributed by atoms with Crippen molar-refractivity contribution in [2.75, 3.05) is 5.32 Å². The molecular weight excluding hydrogens is 470 g/mol. The highest BCUT2D eigenvalue weighted by Gasteiger charge is 2.22. The Labute approximate surface area is 188 Å². The van der Waals surface area contributed by atoms with Crippen molar-refractivity contribution in [3.05, 3.63) is 68.5 Å². The summed E-state index contributed by atoms with van der Waals surface area (Å²) >= 11 is 9.54. The third kappa shape index (κ3) is 4.71. The number of hydrogen-bond donors (Lipinski definition) is 2. The van der Waals surface area contributed by atoms with Gasteiger partial charge in [0.25, 0.3) is 11.8 Å². The van der Waals surface area contributed by atoms with Crippen LogP contribution in [-0.4, -0.2) is 32.6 Å². The monoisotopic (exact) mass is 489 g/mol. The van der Waals surface area contributed by atoms with E-state index in [0.29, 0.717) is 26.7 Å². The zero-order chi connectivity index (χ0) is 22.0. The van der Waals surface area contributed by atoms with Gasteiger partial charge in [-0.2, -0.15) is 5.10 Å². The maximum absolute atomic E-state index is 13.2. The predicted molar refractivity (Wildman–Crippen MR) is 121 cm³/mol. The molecule has 1 aromatic carbocycles. The maximum atomic E-state index is 13.2. The van der Waals surface area contributed by atoms with Crippen molar-refractivity contribution < 1.29 is 9.59 Å². The van der Waals surface area contributed by atoms with Gasteiger partial charge in [-0.3, -0.25) is 9.59 Å². The fraction of sp³-hybridized carbons (Fsp3) is 0.238. The average Bonchev–Trinajstić information content (AvgIpc) is 3.05. The highest BCUT2D eigenvalue weighted by Crippen LogP contribution is 2.26. The van der Waals surface area contributed by atoms with E-state index in [1.807, 2.05) is 33.8 Å². The molecular formula is C21H21BrClN5O2. The van der Waals surface area contributed by atoms with Gasteiger partial charge in [0.05, 0.1) is 16.3 Å². The number of carbonyl (C=O) groups excluding carboxylic acids is 2. The summed E-state index contributed by atoms with van der Waals surface area (Å²) < 4.78 is 1.81. The van der Waals surface area contributed by atoms with E-state index in [9.17, 15) is 9.59 Å². The van der Waals surface area contributed by atoms with Gasteiger partial charge in [0.2, 0.25) is 0 Å². The van der Waals surface area contributed by atoms with Crippen LogP contribution in [0.5, 0.6) is 0 Å². The third-order valence-electron chi connectivity index (χ3n) is 4.23. The summed E-state index contributed by atoms with van der Waals surface area (Å²) in [6, 6.07) is 8.55. The van der Waals surface area contributed by atoms with Crippen molar-refractivity contribution in [3.8, 4) is 5.82 Å². The Kier molecular flexibility index (Phi) is 6.58. The van der Waals surface area contributed by atoms with E-state index >= 15 is 0 Å². The van der Waals surface area contributed by atoms with Crippen molar-refractivity contribution in [3.63, 3.8) is 0 Å². The van der Waals surface area contributed by atoms with Crippen LogP contribution in [-0.2, 0) is 0 Å². The van der Waals surface area contributed by atoms with E-state index in [1.165, 1.54) is 4.68 Å². The minimum absolute atomic E-state index is 0.0365. The first-order chi connectivity index (χ1) is 14.2. The van der Waals surface area contributed by atoms with E-state index in [4.69, 9.17) is 11.6 Å². The molecule has 30 heavy (non-hydrogen) atoms. The standard InChI is InChI=1S/C21H21BrClN5O2/c1-11(2)25-20(29)14-9-12(3)8-13(4)18(14)26-21(30)16-10-17(22)27-28(16)19-15(23)6-5-7-24-19/h5-11H,1-4H3,(H,25,29)(H,26,30). The molecule has 0 saturated carbocycles. The molecule has 3 rings (SSSR count). The van der Waals surface area contributed by atoms with Crippen molar-refractivity contribution >= 4 is 45.0 Å². The summed E-state index contributed by atoms with van der Waals surface area (Å²) in [4.78, 5) is 30.1. The second-order valence-electron chi connectivity index (χ2n) is 7.16. The molecule has 0 aliphatic rings. The van der Waals surface area contributed by atoms with Gasteiger partial charge in [-0.05, 0) is 73.0 Å². The lowest BCUT2D eigenvalue weighted by atomic mass is 10.0. The number of rotatable bonds is 5. The summed E-state index contributed by atoms with van der Waals surface area (Å²) in [5.74, 6) is -0.372. The zero-order valence-corrected chi connectivity index (χ0v) is 19.3. The summed E-state index contributed by atoms with van der Waals surface area (Å²) in [5.41, 5.74) is 2.76. The smallest absolute Gasteiger partial charge is 0.274 e. The number of amides is 2. The molecule has 0 bridgehead atoms. The molecule has 0 aliphatic heterocycles. The van der Waals surface area contributed by atoms with Gasteiger partial charge in [-0.25, -0.2) is 9.67 Å². The number of nitrogens with zero attached hydrogens (tertiary/aromatic N) is 3. The van der Waals surface area contributed by atoms with Gasteiger partial charge in [0.1, 0.15) is 10.3 Å². The number of halogens is 2. The molecule has 7 nitrogen and oxygen atoms in total. The van der Waals surface area contributed by atoms with Gasteiger partial charge in [-0.1, -0.05) is 17.7 Å². The zero-order valence-electron chi connectivity index (χ0n) is 17.0. The number of anilines is 1. The molecule has 3 aromatic rings. The molecule has 2 N–H and O–H groups in total. The lowest BCUT2D eigenvalue weighted by molar-refractivity contribution is 0.0944. The Morgan fingerprint density at radius 3 is 2.57 bits per heavy atom. The lowest BCUT2D eigenvalue weighted by Crippen LogP contribution is -2.31. The van der Waals surface area contributed by atoms with Crippen molar-refractivity contribution in [2.45, 2.75) is 33.7 Å².